The van der Waals surface area contributed by atoms with Crippen molar-refractivity contribution in [3.63, 3.8) is 0 Å². The van der Waals surface area contributed by atoms with Gasteiger partial charge in [0.05, 0.1) is 29.3 Å². The Hall–Kier alpha value is -1.45. The molecule has 0 amide bonds. The number of nitrogens with zero attached hydrogens (tertiary/aromatic N) is 4. The quantitative estimate of drug-likeness (QED) is 0.570. The molecule has 0 bridgehead atoms. The molecule has 146 valence electrons. The maximum atomic E-state index is 11.6. The van der Waals surface area contributed by atoms with Crippen molar-refractivity contribution in [2.45, 2.75) is 51.7 Å². The van der Waals surface area contributed by atoms with Crippen molar-refractivity contribution < 1.29 is 14.4 Å². The predicted molar refractivity (Wildman–Crippen MR) is 102 cm³/mol. The number of ether oxygens (including phenoxy) is 2. The highest BCUT2D eigenvalue weighted by Crippen LogP contribution is 2.41. The van der Waals surface area contributed by atoms with Gasteiger partial charge < -0.3 is 19.3 Å². The molecule has 1 aromatic heterocycles. The van der Waals surface area contributed by atoms with Crippen LogP contribution in [0.2, 0.25) is 0 Å². The van der Waals surface area contributed by atoms with Gasteiger partial charge in [-0.15, -0.1) is 0 Å². The van der Waals surface area contributed by atoms with Crippen LogP contribution in [0.25, 0.3) is 0 Å². The second-order valence-corrected chi connectivity index (χ2v) is 8.49. The van der Waals surface area contributed by atoms with Crippen LogP contribution < -0.4 is 9.80 Å². The van der Waals surface area contributed by atoms with Crippen LogP contribution in [-0.2, 0) is 9.47 Å². The van der Waals surface area contributed by atoms with Gasteiger partial charge in [0.1, 0.15) is 0 Å². The molecule has 2 saturated heterocycles. The Kier molecular flexibility index (Phi) is 5.41. The van der Waals surface area contributed by atoms with Crippen molar-refractivity contribution >= 4 is 27.3 Å². The average molecular weight is 385 g/mol. The number of hydrogen-bond donors (Lipinski definition) is 0. The van der Waals surface area contributed by atoms with Gasteiger partial charge in [-0.3, -0.25) is 10.1 Å². The van der Waals surface area contributed by atoms with Gasteiger partial charge in [-0.2, -0.15) is 4.98 Å². The number of aromatic nitrogens is 1. The van der Waals surface area contributed by atoms with Gasteiger partial charge >= 0.3 is 5.00 Å². The molecule has 0 aromatic carbocycles. The largest absolute Gasteiger partial charge is 0.372 e. The number of hydrogen-bond acceptors (Lipinski definition) is 8. The SMILES string of the molecule is CCC1(C)CN(c2nc(N3CCOC(C)(CC)C3)c([N+](=O)[O-])s2)CCO1. The third-order valence-corrected chi connectivity index (χ3v) is 6.54. The minimum atomic E-state index is -0.311. The Balaban J connectivity index is 1.88. The van der Waals surface area contributed by atoms with Gasteiger partial charge in [0.15, 0.2) is 5.13 Å². The van der Waals surface area contributed by atoms with E-state index in [0.717, 1.165) is 24.2 Å². The van der Waals surface area contributed by atoms with Gasteiger partial charge in [-0.05, 0) is 38.0 Å². The van der Waals surface area contributed by atoms with E-state index < -0.39 is 0 Å². The summed E-state index contributed by atoms with van der Waals surface area (Å²) in [5, 5.41) is 12.5. The highest BCUT2D eigenvalue weighted by molar-refractivity contribution is 7.19. The summed E-state index contributed by atoms with van der Waals surface area (Å²) in [6.07, 6.45) is 1.74. The average Bonchev–Trinajstić information content (AvgIpc) is 3.08. The molecule has 0 aliphatic carbocycles. The first-order chi connectivity index (χ1) is 12.3. The van der Waals surface area contributed by atoms with E-state index in [2.05, 4.69) is 25.7 Å². The standard InChI is InChI=1S/C17H28N4O4S/c1-5-16(3)11-19(7-9-24-16)13-14(21(22)23)26-15(18-13)20-8-10-25-17(4,6-2)12-20/h5-12H2,1-4H3. The molecular formula is C17H28N4O4S. The maximum absolute atomic E-state index is 11.6. The summed E-state index contributed by atoms with van der Waals surface area (Å²) in [6.45, 7) is 12.1. The van der Waals surface area contributed by atoms with Crippen molar-refractivity contribution in [2.75, 3.05) is 49.2 Å². The molecule has 2 fully saturated rings. The van der Waals surface area contributed by atoms with Crippen LogP contribution in [0.5, 0.6) is 0 Å². The minimum Gasteiger partial charge on any atom is -0.372 e. The molecule has 0 spiro atoms. The number of nitro groups is 1. The molecule has 0 saturated carbocycles. The second kappa shape index (κ2) is 7.28. The summed E-state index contributed by atoms with van der Waals surface area (Å²) in [5.41, 5.74) is -0.533. The fourth-order valence-electron chi connectivity index (χ4n) is 3.39. The molecule has 2 unspecified atom stereocenters. The fraction of sp³-hybridized carbons (Fsp3) is 0.824. The molecule has 9 heteroatoms. The predicted octanol–water partition coefficient (Wildman–Crippen LogP) is 3.06. The Morgan fingerprint density at radius 1 is 1.12 bits per heavy atom. The summed E-state index contributed by atoms with van der Waals surface area (Å²) in [7, 11) is 0. The van der Waals surface area contributed by atoms with Crippen LogP contribution in [0, 0.1) is 10.1 Å². The minimum absolute atomic E-state index is 0.116. The normalized spacial score (nSPS) is 29.8. The summed E-state index contributed by atoms with van der Waals surface area (Å²) in [4.78, 5) is 20.2. The van der Waals surface area contributed by atoms with Crippen LogP contribution in [0.1, 0.15) is 40.5 Å². The highest BCUT2D eigenvalue weighted by Gasteiger charge is 2.38. The molecule has 3 heterocycles. The van der Waals surface area contributed by atoms with Crippen LogP contribution >= 0.6 is 11.3 Å². The lowest BCUT2D eigenvalue weighted by Crippen LogP contribution is -2.50. The van der Waals surface area contributed by atoms with Gasteiger partial charge in [0, 0.05) is 26.2 Å². The van der Waals surface area contributed by atoms with Gasteiger partial charge in [0.2, 0.25) is 5.82 Å². The van der Waals surface area contributed by atoms with E-state index in [0.29, 0.717) is 50.3 Å². The maximum Gasteiger partial charge on any atom is 0.369 e. The smallest absolute Gasteiger partial charge is 0.369 e. The van der Waals surface area contributed by atoms with Crippen molar-refractivity contribution in [1.82, 2.24) is 4.98 Å². The Morgan fingerprint density at radius 2 is 1.65 bits per heavy atom. The Morgan fingerprint density at radius 3 is 2.19 bits per heavy atom. The Bertz CT molecular complexity index is 669. The van der Waals surface area contributed by atoms with Gasteiger partial charge in [-0.1, -0.05) is 13.8 Å². The molecule has 2 aliphatic rings. The summed E-state index contributed by atoms with van der Waals surface area (Å²) >= 11 is 1.16. The number of rotatable bonds is 5. The first kappa shape index (κ1) is 19.3. The second-order valence-electron chi connectivity index (χ2n) is 7.53. The first-order valence-electron chi connectivity index (χ1n) is 9.22. The summed E-state index contributed by atoms with van der Waals surface area (Å²) in [5.74, 6) is 0.475. The first-order valence-corrected chi connectivity index (χ1v) is 10.0. The molecule has 3 rings (SSSR count). The van der Waals surface area contributed by atoms with E-state index in [1.807, 2.05) is 11.8 Å². The van der Waals surface area contributed by atoms with E-state index >= 15 is 0 Å². The topological polar surface area (TPSA) is 81.0 Å². The summed E-state index contributed by atoms with van der Waals surface area (Å²) in [6, 6.07) is 0. The molecule has 2 aliphatic heterocycles. The van der Waals surface area contributed by atoms with E-state index in [9.17, 15) is 10.1 Å². The van der Waals surface area contributed by atoms with Crippen molar-refractivity contribution in [2.24, 2.45) is 0 Å². The number of anilines is 2. The number of thiazole rings is 1. The zero-order valence-electron chi connectivity index (χ0n) is 16.0. The van der Waals surface area contributed by atoms with Crippen LogP contribution in [0.3, 0.4) is 0 Å². The van der Waals surface area contributed by atoms with Crippen LogP contribution in [-0.4, -0.2) is 60.5 Å². The third-order valence-electron chi connectivity index (χ3n) is 5.49. The van der Waals surface area contributed by atoms with Crippen molar-refractivity contribution in [1.29, 1.82) is 0 Å². The van der Waals surface area contributed by atoms with E-state index in [4.69, 9.17) is 14.5 Å². The zero-order valence-corrected chi connectivity index (χ0v) is 16.8. The molecule has 2 atom stereocenters. The van der Waals surface area contributed by atoms with Crippen LogP contribution in [0.4, 0.5) is 16.0 Å². The summed E-state index contributed by atoms with van der Waals surface area (Å²) < 4.78 is 11.8. The molecular weight excluding hydrogens is 356 g/mol. The van der Waals surface area contributed by atoms with Gasteiger partial charge in [0.25, 0.3) is 0 Å². The van der Waals surface area contributed by atoms with E-state index in [-0.39, 0.29) is 21.1 Å². The molecule has 1 aromatic rings. The third kappa shape index (κ3) is 3.79. The van der Waals surface area contributed by atoms with E-state index in [1.165, 1.54) is 0 Å². The van der Waals surface area contributed by atoms with Crippen molar-refractivity contribution in [3.8, 4) is 0 Å². The molecule has 26 heavy (non-hydrogen) atoms. The van der Waals surface area contributed by atoms with Crippen molar-refractivity contribution in [3.05, 3.63) is 10.1 Å². The lowest BCUT2D eigenvalue weighted by atomic mass is 10.0. The molecule has 0 N–H and O–H groups in total. The molecule has 8 nitrogen and oxygen atoms in total. The monoisotopic (exact) mass is 384 g/mol. The fourth-order valence-corrected chi connectivity index (χ4v) is 4.32. The zero-order chi connectivity index (χ0) is 18.9. The lowest BCUT2D eigenvalue weighted by Gasteiger charge is -2.40. The van der Waals surface area contributed by atoms with E-state index in [1.54, 1.807) is 0 Å². The molecule has 0 radical (unpaired) electrons. The number of morpholine rings is 2. The lowest BCUT2D eigenvalue weighted by molar-refractivity contribution is -0.379. The van der Waals surface area contributed by atoms with Gasteiger partial charge in [-0.25, -0.2) is 0 Å². The highest BCUT2D eigenvalue weighted by atomic mass is 32.1. The van der Waals surface area contributed by atoms with Crippen LogP contribution in [0.15, 0.2) is 0 Å². The Labute approximate surface area is 158 Å².